The van der Waals surface area contributed by atoms with E-state index in [4.69, 9.17) is 9.47 Å². The minimum Gasteiger partial charge on any atom is -0.490 e. The Bertz CT molecular complexity index is 1390. The third-order valence-electron chi connectivity index (χ3n) is 4.44. The van der Waals surface area contributed by atoms with Gasteiger partial charge in [0.1, 0.15) is 12.3 Å². The van der Waals surface area contributed by atoms with Crippen molar-refractivity contribution in [3.63, 3.8) is 0 Å². The van der Waals surface area contributed by atoms with E-state index in [0.29, 0.717) is 39.3 Å². The summed E-state index contributed by atoms with van der Waals surface area (Å²) in [6.45, 7) is 2.30. The van der Waals surface area contributed by atoms with Gasteiger partial charge in [0, 0.05) is 10.0 Å². The molecule has 1 aromatic heterocycles. The summed E-state index contributed by atoms with van der Waals surface area (Å²) in [5, 5.41) is 20.5. The van der Waals surface area contributed by atoms with Gasteiger partial charge >= 0.3 is 16.9 Å². The lowest BCUT2D eigenvalue weighted by Gasteiger charge is -2.14. The van der Waals surface area contributed by atoms with Crippen molar-refractivity contribution in [2.45, 2.75) is 13.5 Å². The molecule has 0 radical (unpaired) electrons. The summed E-state index contributed by atoms with van der Waals surface area (Å²) >= 11 is 3.42. The second kappa shape index (κ2) is 10.4. The molecule has 0 amide bonds. The predicted molar refractivity (Wildman–Crippen MR) is 124 cm³/mol. The van der Waals surface area contributed by atoms with Gasteiger partial charge in [0.15, 0.2) is 11.5 Å². The van der Waals surface area contributed by atoms with E-state index in [1.54, 1.807) is 37.3 Å². The molecule has 0 spiro atoms. The molecule has 0 aliphatic heterocycles. The summed E-state index contributed by atoms with van der Waals surface area (Å²) in [7, 11) is 0. The van der Waals surface area contributed by atoms with Gasteiger partial charge < -0.3 is 14.5 Å². The van der Waals surface area contributed by atoms with Crippen LogP contribution in [-0.2, 0) is 6.61 Å². The molecule has 0 fully saturated rings. The maximum atomic E-state index is 11.8. The molecule has 3 rings (SSSR count). The first-order valence-corrected chi connectivity index (χ1v) is 10.4. The van der Waals surface area contributed by atoms with Crippen molar-refractivity contribution in [1.29, 1.82) is 5.26 Å². The van der Waals surface area contributed by atoms with Crippen LogP contribution in [0.1, 0.15) is 29.3 Å². The molecule has 0 unspecified atom stereocenters. The molecule has 0 saturated carbocycles. The van der Waals surface area contributed by atoms with Crippen molar-refractivity contribution < 1.29 is 14.4 Å². The van der Waals surface area contributed by atoms with Crippen LogP contribution < -0.4 is 20.7 Å². The molecule has 0 atom stereocenters. The van der Waals surface area contributed by atoms with Gasteiger partial charge in [-0.3, -0.25) is 19.9 Å². The zero-order chi connectivity index (χ0) is 24.0. The first-order valence-electron chi connectivity index (χ1n) is 9.60. The van der Waals surface area contributed by atoms with Crippen molar-refractivity contribution in [1.82, 2.24) is 9.97 Å². The molecule has 11 heteroatoms. The number of nitro groups is 1. The first-order chi connectivity index (χ1) is 15.8. The van der Waals surface area contributed by atoms with Gasteiger partial charge in [0.2, 0.25) is 0 Å². The number of aromatic amines is 2. The van der Waals surface area contributed by atoms with Crippen LogP contribution in [0.3, 0.4) is 0 Å². The number of ether oxygens (including phenoxy) is 2. The number of rotatable bonds is 8. The Morgan fingerprint density at radius 2 is 1.88 bits per heavy atom. The SMILES string of the molecule is CCOc1cc(/C=C/c2[nH]c(=O)[nH]c(=O)c2[N+](=O)[O-])c(Br)cc1OCc1ccccc1C#N. The van der Waals surface area contributed by atoms with Gasteiger partial charge in [0.05, 0.1) is 23.2 Å². The van der Waals surface area contributed by atoms with Gasteiger partial charge in [-0.1, -0.05) is 40.2 Å². The van der Waals surface area contributed by atoms with Crippen LogP contribution in [0.4, 0.5) is 5.69 Å². The Labute approximate surface area is 195 Å². The summed E-state index contributed by atoms with van der Waals surface area (Å²) in [5.41, 5.74) is -1.20. The average Bonchev–Trinajstić information content (AvgIpc) is 2.77. The molecule has 0 bridgehead atoms. The Hall–Kier alpha value is -4.17. The van der Waals surface area contributed by atoms with E-state index in [2.05, 4.69) is 27.0 Å². The highest BCUT2D eigenvalue weighted by Gasteiger charge is 2.19. The van der Waals surface area contributed by atoms with Crippen molar-refractivity contribution in [2.24, 2.45) is 0 Å². The van der Waals surface area contributed by atoms with E-state index in [1.165, 1.54) is 12.2 Å². The number of nitrogens with zero attached hydrogens (tertiary/aromatic N) is 2. The maximum Gasteiger partial charge on any atom is 0.357 e. The van der Waals surface area contributed by atoms with E-state index >= 15 is 0 Å². The topological polar surface area (TPSA) is 151 Å². The van der Waals surface area contributed by atoms with Crippen LogP contribution in [-0.4, -0.2) is 21.5 Å². The zero-order valence-electron chi connectivity index (χ0n) is 17.3. The highest BCUT2D eigenvalue weighted by atomic mass is 79.9. The minimum atomic E-state index is -1.10. The van der Waals surface area contributed by atoms with Crippen LogP contribution in [0, 0.1) is 21.4 Å². The number of halogens is 1. The second-order valence-corrected chi connectivity index (χ2v) is 7.43. The maximum absolute atomic E-state index is 11.8. The van der Waals surface area contributed by atoms with E-state index in [9.17, 15) is 25.0 Å². The normalized spacial score (nSPS) is 10.7. The van der Waals surface area contributed by atoms with E-state index in [0.717, 1.165) is 0 Å². The lowest BCUT2D eigenvalue weighted by atomic mass is 10.1. The monoisotopic (exact) mass is 512 g/mol. The molecule has 33 heavy (non-hydrogen) atoms. The van der Waals surface area contributed by atoms with Gasteiger partial charge in [-0.05, 0) is 36.8 Å². The first kappa shape index (κ1) is 23.5. The molecule has 0 saturated heterocycles. The van der Waals surface area contributed by atoms with E-state index in [1.807, 2.05) is 11.1 Å². The number of nitrogens with one attached hydrogen (secondary N) is 2. The number of benzene rings is 2. The molecular formula is C22H17BrN4O6. The Kier molecular flexibility index (Phi) is 7.42. The van der Waals surface area contributed by atoms with Gasteiger partial charge in [-0.25, -0.2) is 4.79 Å². The highest BCUT2D eigenvalue weighted by molar-refractivity contribution is 9.10. The van der Waals surface area contributed by atoms with Crippen molar-refractivity contribution in [3.05, 3.63) is 94.2 Å². The lowest BCUT2D eigenvalue weighted by molar-refractivity contribution is -0.386. The summed E-state index contributed by atoms with van der Waals surface area (Å²) in [6.07, 6.45) is 2.74. The fourth-order valence-electron chi connectivity index (χ4n) is 2.94. The van der Waals surface area contributed by atoms with Crippen LogP contribution in [0.25, 0.3) is 12.2 Å². The zero-order valence-corrected chi connectivity index (χ0v) is 18.8. The van der Waals surface area contributed by atoms with Gasteiger partial charge in [-0.15, -0.1) is 0 Å². The number of aromatic nitrogens is 2. The van der Waals surface area contributed by atoms with Crippen LogP contribution >= 0.6 is 15.9 Å². The van der Waals surface area contributed by atoms with Gasteiger partial charge in [-0.2, -0.15) is 5.26 Å². The quantitative estimate of drug-likeness (QED) is 0.344. The number of hydrogen-bond acceptors (Lipinski definition) is 7. The molecule has 2 aromatic carbocycles. The fourth-order valence-corrected chi connectivity index (χ4v) is 3.40. The molecular weight excluding hydrogens is 496 g/mol. The third kappa shape index (κ3) is 5.55. The molecule has 3 aromatic rings. The van der Waals surface area contributed by atoms with Crippen LogP contribution in [0.15, 0.2) is 50.5 Å². The van der Waals surface area contributed by atoms with Crippen molar-refractivity contribution in [3.8, 4) is 17.6 Å². The number of H-pyrrole nitrogens is 2. The van der Waals surface area contributed by atoms with E-state index < -0.39 is 21.9 Å². The summed E-state index contributed by atoms with van der Waals surface area (Å²) < 4.78 is 12.1. The van der Waals surface area contributed by atoms with Crippen molar-refractivity contribution >= 4 is 33.8 Å². The minimum absolute atomic E-state index is 0.145. The molecule has 1 heterocycles. The summed E-state index contributed by atoms with van der Waals surface area (Å²) in [5.74, 6) is 0.827. The summed E-state index contributed by atoms with van der Waals surface area (Å²) in [4.78, 5) is 37.8. The average molecular weight is 513 g/mol. The lowest BCUT2D eigenvalue weighted by Crippen LogP contribution is -2.25. The molecule has 168 valence electrons. The molecule has 0 aliphatic rings. The predicted octanol–water partition coefficient (Wildman–Crippen LogP) is 3.75. The second-order valence-electron chi connectivity index (χ2n) is 6.57. The third-order valence-corrected chi connectivity index (χ3v) is 5.13. The number of hydrogen-bond donors (Lipinski definition) is 2. The molecule has 0 aliphatic carbocycles. The molecule has 2 N–H and O–H groups in total. The smallest absolute Gasteiger partial charge is 0.357 e. The molecule has 10 nitrogen and oxygen atoms in total. The largest absolute Gasteiger partial charge is 0.490 e. The van der Waals surface area contributed by atoms with Crippen LogP contribution in [0.5, 0.6) is 11.5 Å². The fraction of sp³-hybridized carbons (Fsp3) is 0.136. The Morgan fingerprint density at radius 1 is 1.15 bits per heavy atom. The Balaban J connectivity index is 1.95. The van der Waals surface area contributed by atoms with Gasteiger partial charge in [0.25, 0.3) is 0 Å². The van der Waals surface area contributed by atoms with E-state index in [-0.39, 0.29) is 12.3 Å². The number of nitriles is 1. The standard InChI is InChI=1S/C22H17BrN4O6/c1-2-32-18-9-13(7-8-17-20(27(30)31)21(28)26-22(29)25-17)16(23)10-19(18)33-12-15-6-4-3-5-14(15)11-24/h3-10H,2,12H2,1H3,(H2,25,26,28,29)/b8-7+. The van der Waals surface area contributed by atoms with Crippen LogP contribution in [0.2, 0.25) is 0 Å². The Morgan fingerprint density at radius 3 is 2.58 bits per heavy atom. The summed E-state index contributed by atoms with van der Waals surface area (Å²) in [6, 6.07) is 12.5. The highest BCUT2D eigenvalue weighted by Crippen LogP contribution is 2.35. The van der Waals surface area contributed by atoms with Crippen molar-refractivity contribution in [2.75, 3.05) is 6.61 Å².